The summed E-state index contributed by atoms with van der Waals surface area (Å²) in [7, 11) is 1.36. The van der Waals surface area contributed by atoms with Crippen LogP contribution in [0.5, 0.6) is 17.2 Å². The fraction of sp³-hybridized carbons (Fsp3) is 0.500. The summed E-state index contributed by atoms with van der Waals surface area (Å²) in [6, 6.07) is 4.61. The smallest absolute Gasteiger partial charge is 0.422 e. The second-order valence-electron chi connectivity index (χ2n) is 7.66. The molecule has 2 aliphatic heterocycles. The first-order valence-corrected chi connectivity index (χ1v) is 10.2. The third-order valence-corrected chi connectivity index (χ3v) is 5.47. The van der Waals surface area contributed by atoms with Crippen LogP contribution in [-0.2, 0) is 22.4 Å². The lowest BCUT2D eigenvalue weighted by atomic mass is 9.93. The number of methoxy groups -OCH3 is 1. The van der Waals surface area contributed by atoms with Crippen LogP contribution in [0, 0.1) is 6.92 Å². The summed E-state index contributed by atoms with van der Waals surface area (Å²) in [5.41, 5.74) is 2.64. The molecule has 0 radical (unpaired) electrons. The van der Waals surface area contributed by atoms with Crippen molar-refractivity contribution in [3.63, 3.8) is 0 Å². The van der Waals surface area contributed by atoms with E-state index in [0.717, 1.165) is 11.1 Å². The summed E-state index contributed by atoms with van der Waals surface area (Å²) in [6.07, 6.45) is -4.21. The number of aryl methyl sites for hydroxylation is 1. The number of halogens is 3. The average Bonchev–Trinajstić information content (AvgIpc) is 2.78. The Labute approximate surface area is 182 Å². The highest BCUT2D eigenvalue weighted by Crippen LogP contribution is 2.41. The van der Waals surface area contributed by atoms with E-state index in [1.165, 1.54) is 13.2 Å². The zero-order valence-electron chi connectivity index (χ0n) is 17.8. The highest BCUT2D eigenvalue weighted by molar-refractivity contribution is 5.74. The number of fused-ring (bicyclic) bond motifs is 3. The van der Waals surface area contributed by atoms with Gasteiger partial charge < -0.3 is 28.3 Å². The lowest BCUT2D eigenvalue weighted by Gasteiger charge is -2.27. The largest absolute Gasteiger partial charge is 0.493 e. The van der Waals surface area contributed by atoms with Crippen LogP contribution in [0.2, 0.25) is 0 Å². The van der Waals surface area contributed by atoms with Crippen molar-refractivity contribution in [2.24, 2.45) is 0 Å². The third kappa shape index (κ3) is 4.71. The second-order valence-corrected chi connectivity index (χ2v) is 7.66. The number of alkyl halides is 3. The van der Waals surface area contributed by atoms with Gasteiger partial charge in [-0.2, -0.15) is 13.2 Å². The molecular weight excluding hydrogens is 431 g/mol. The zero-order valence-corrected chi connectivity index (χ0v) is 17.8. The Balaban J connectivity index is 1.68. The number of benzene rings is 1. The van der Waals surface area contributed by atoms with Crippen LogP contribution in [0.3, 0.4) is 0 Å². The van der Waals surface area contributed by atoms with Gasteiger partial charge in [0.25, 0.3) is 5.56 Å². The molecule has 0 bridgehead atoms. The predicted molar refractivity (Wildman–Crippen MR) is 109 cm³/mol. The summed E-state index contributed by atoms with van der Waals surface area (Å²) >= 11 is 0. The molecule has 0 unspecified atom stereocenters. The molecule has 0 saturated carbocycles. The number of nitrogens with zero attached hydrogens (tertiary/aromatic N) is 1. The molecule has 0 aliphatic carbocycles. The van der Waals surface area contributed by atoms with E-state index >= 15 is 0 Å². The molecule has 2 aliphatic rings. The molecule has 0 amide bonds. The van der Waals surface area contributed by atoms with Gasteiger partial charge >= 0.3 is 6.18 Å². The Morgan fingerprint density at radius 1 is 1.12 bits per heavy atom. The van der Waals surface area contributed by atoms with Gasteiger partial charge in [0.15, 0.2) is 18.1 Å². The van der Waals surface area contributed by atoms with Gasteiger partial charge in [0.1, 0.15) is 18.5 Å². The van der Waals surface area contributed by atoms with Crippen molar-refractivity contribution in [3.05, 3.63) is 39.7 Å². The standard InChI is InChI=1S/C22H24F3NO6/c1-13-17(31-11-15-10-29-5-6-30-15)9-20(27)26-4-3-14-7-19(32-12-22(23,24)25)18(28-2)8-16(14)21(13)26/h7-9,15H,3-6,10-12H2,1-2H3/t15-/m0/s1. The summed E-state index contributed by atoms with van der Waals surface area (Å²) < 4.78 is 66.6. The van der Waals surface area contributed by atoms with E-state index in [4.69, 9.17) is 23.7 Å². The molecule has 0 spiro atoms. The van der Waals surface area contributed by atoms with Crippen LogP contribution in [0.4, 0.5) is 13.2 Å². The molecule has 1 atom stereocenters. The quantitative estimate of drug-likeness (QED) is 0.667. The van der Waals surface area contributed by atoms with E-state index in [-0.39, 0.29) is 29.8 Å². The molecule has 2 aromatic rings. The molecule has 3 heterocycles. The maximum Gasteiger partial charge on any atom is 0.422 e. The van der Waals surface area contributed by atoms with Crippen molar-refractivity contribution < 1.29 is 36.9 Å². The number of hydrogen-bond acceptors (Lipinski definition) is 6. The summed E-state index contributed by atoms with van der Waals surface area (Å²) in [6.45, 7) is 2.52. The average molecular weight is 455 g/mol. The highest BCUT2D eigenvalue weighted by Gasteiger charge is 2.30. The lowest BCUT2D eigenvalue weighted by molar-refractivity contribution is -0.153. The van der Waals surface area contributed by atoms with Crippen molar-refractivity contribution in [2.45, 2.75) is 32.2 Å². The second kappa shape index (κ2) is 9.03. The molecule has 32 heavy (non-hydrogen) atoms. The van der Waals surface area contributed by atoms with Gasteiger partial charge in [0, 0.05) is 23.7 Å². The van der Waals surface area contributed by atoms with Crippen LogP contribution in [0.15, 0.2) is 23.0 Å². The third-order valence-electron chi connectivity index (χ3n) is 5.47. The predicted octanol–water partition coefficient (Wildman–Crippen LogP) is 3.12. The normalized spacial score (nSPS) is 18.0. The first kappa shape index (κ1) is 22.5. The molecule has 4 rings (SSSR count). The number of ether oxygens (including phenoxy) is 5. The van der Waals surface area contributed by atoms with E-state index in [0.29, 0.717) is 49.8 Å². The topological polar surface area (TPSA) is 68.2 Å². The van der Waals surface area contributed by atoms with E-state index in [9.17, 15) is 18.0 Å². The fourth-order valence-corrected chi connectivity index (χ4v) is 3.96. The first-order valence-electron chi connectivity index (χ1n) is 10.2. The molecule has 10 heteroatoms. The minimum atomic E-state index is -4.46. The van der Waals surface area contributed by atoms with Gasteiger partial charge in [-0.3, -0.25) is 4.79 Å². The van der Waals surface area contributed by atoms with Crippen molar-refractivity contribution in [1.29, 1.82) is 0 Å². The molecule has 174 valence electrons. The molecular formula is C22H24F3NO6. The summed E-state index contributed by atoms with van der Waals surface area (Å²) in [4.78, 5) is 12.8. The van der Waals surface area contributed by atoms with Gasteiger partial charge in [-0.1, -0.05) is 0 Å². The van der Waals surface area contributed by atoms with E-state index < -0.39 is 12.8 Å². The van der Waals surface area contributed by atoms with Crippen molar-refractivity contribution >= 4 is 0 Å². The molecule has 1 aromatic heterocycles. The lowest BCUT2D eigenvalue weighted by Crippen LogP contribution is -2.34. The van der Waals surface area contributed by atoms with E-state index in [2.05, 4.69) is 0 Å². The molecule has 1 saturated heterocycles. The molecule has 1 aromatic carbocycles. The molecule has 7 nitrogen and oxygen atoms in total. The van der Waals surface area contributed by atoms with Gasteiger partial charge in [0.05, 0.1) is 32.6 Å². The number of rotatable bonds is 6. The molecule has 0 N–H and O–H groups in total. The van der Waals surface area contributed by atoms with Crippen LogP contribution in [0.25, 0.3) is 11.3 Å². The van der Waals surface area contributed by atoms with Gasteiger partial charge in [0.2, 0.25) is 0 Å². The fourth-order valence-electron chi connectivity index (χ4n) is 3.96. The number of pyridine rings is 1. The maximum absolute atomic E-state index is 12.8. The van der Waals surface area contributed by atoms with Crippen LogP contribution >= 0.6 is 0 Å². The van der Waals surface area contributed by atoms with E-state index in [1.54, 1.807) is 16.7 Å². The van der Waals surface area contributed by atoms with E-state index in [1.807, 2.05) is 6.92 Å². The number of hydrogen-bond donors (Lipinski definition) is 0. The highest BCUT2D eigenvalue weighted by atomic mass is 19.4. The summed E-state index contributed by atoms with van der Waals surface area (Å²) in [5, 5.41) is 0. The minimum absolute atomic E-state index is 0.0128. The van der Waals surface area contributed by atoms with Crippen LogP contribution in [-0.4, -0.2) is 57.0 Å². The maximum atomic E-state index is 12.8. The Morgan fingerprint density at radius 3 is 2.62 bits per heavy atom. The van der Waals surface area contributed by atoms with Crippen molar-refractivity contribution in [3.8, 4) is 28.5 Å². The first-order chi connectivity index (χ1) is 15.3. The van der Waals surface area contributed by atoms with Crippen LogP contribution < -0.4 is 19.8 Å². The van der Waals surface area contributed by atoms with Crippen molar-refractivity contribution in [1.82, 2.24) is 4.57 Å². The Kier molecular flexibility index (Phi) is 6.34. The Bertz CT molecular complexity index is 1040. The monoisotopic (exact) mass is 455 g/mol. The number of aromatic nitrogens is 1. The van der Waals surface area contributed by atoms with Gasteiger partial charge in [-0.25, -0.2) is 0 Å². The zero-order chi connectivity index (χ0) is 22.9. The van der Waals surface area contributed by atoms with Crippen LogP contribution in [0.1, 0.15) is 11.1 Å². The Morgan fingerprint density at radius 2 is 1.94 bits per heavy atom. The Hall–Kier alpha value is -2.72. The minimum Gasteiger partial charge on any atom is -0.493 e. The summed E-state index contributed by atoms with van der Waals surface area (Å²) in [5.74, 6) is 0.603. The van der Waals surface area contributed by atoms with Crippen molar-refractivity contribution in [2.75, 3.05) is 40.1 Å². The van der Waals surface area contributed by atoms with Gasteiger partial charge in [-0.15, -0.1) is 0 Å². The molecule has 1 fully saturated rings. The van der Waals surface area contributed by atoms with Gasteiger partial charge in [-0.05, 0) is 31.0 Å². The SMILES string of the molecule is COc1cc2c(cc1OCC(F)(F)F)CCn1c-2c(C)c(OC[C@@H]2COCCO2)cc1=O.